The van der Waals surface area contributed by atoms with E-state index < -0.39 is 29.6 Å². The van der Waals surface area contributed by atoms with Crippen LogP contribution in [0.4, 0.5) is 13.2 Å². The van der Waals surface area contributed by atoms with Crippen LogP contribution in [0, 0.1) is 11.8 Å². The largest absolute Gasteiger partial charge is 0.460 e. The van der Waals surface area contributed by atoms with Gasteiger partial charge in [-0.3, -0.25) is 4.79 Å². The van der Waals surface area contributed by atoms with Gasteiger partial charge in [-0.25, -0.2) is 0 Å². The van der Waals surface area contributed by atoms with Crippen molar-refractivity contribution >= 4 is 5.97 Å². The van der Waals surface area contributed by atoms with Crippen LogP contribution >= 0.6 is 0 Å². The maximum atomic E-state index is 12.6. The topological polar surface area (TPSA) is 26.3 Å². The molecular weight excluding hydrogens is 233 g/mol. The summed E-state index contributed by atoms with van der Waals surface area (Å²) in [7, 11) is 0. The first-order chi connectivity index (χ1) is 7.49. The van der Waals surface area contributed by atoms with Crippen LogP contribution < -0.4 is 0 Å². The fourth-order valence-corrected chi connectivity index (χ4v) is 1.49. The van der Waals surface area contributed by atoms with E-state index in [0.717, 1.165) is 6.92 Å². The summed E-state index contributed by atoms with van der Waals surface area (Å²) >= 11 is 0. The Balaban J connectivity index is 4.80. The molecule has 0 rings (SSSR count). The first-order valence-corrected chi connectivity index (χ1v) is 5.78. The fourth-order valence-electron chi connectivity index (χ4n) is 1.49. The molecule has 2 unspecified atom stereocenters. The highest BCUT2D eigenvalue weighted by Crippen LogP contribution is 2.35. The summed E-state index contributed by atoms with van der Waals surface area (Å²) in [5.74, 6) is -3.54. The third-order valence-electron chi connectivity index (χ3n) is 2.43. The third-order valence-corrected chi connectivity index (χ3v) is 2.43. The van der Waals surface area contributed by atoms with Gasteiger partial charge in [0.25, 0.3) is 0 Å². The number of esters is 1. The van der Waals surface area contributed by atoms with E-state index >= 15 is 0 Å². The molecule has 0 bridgehead atoms. The lowest BCUT2D eigenvalue weighted by atomic mass is 9.89. The Bertz CT molecular complexity index is 253. The molecule has 0 N–H and O–H groups in total. The normalized spacial score (nSPS) is 16.5. The average Bonchev–Trinajstić information content (AvgIpc) is 2.08. The van der Waals surface area contributed by atoms with Crippen molar-refractivity contribution in [3.8, 4) is 0 Å². The van der Waals surface area contributed by atoms with Crippen molar-refractivity contribution < 1.29 is 22.7 Å². The van der Waals surface area contributed by atoms with Gasteiger partial charge in [0.05, 0.1) is 11.8 Å². The Morgan fingerprint density at radius 1 is 1.24 bits per heavy atom. The van der Waals surface area contributed by atoms with Crippen LogP contribution in [0.3, 0.4) is 0 Å². The summed E-state index contributed by atoms with van der Waals surface area (Å²) in [6, 6.07) is 0. The highest BCUT2D eigenvalue weighted by atomic mass is 19.4. The van der Waals surface area contributed by atoms with Gasteiger partial charge in [-0.1, -0.05) is 20.3 Å². The van der Waals surface area contributed by atoms with E-state index in [1.54, 1.807) is 27.7 Å². The molecule has 102 valence electrons. The van der Waals surface area contributed by atoms with Crippen LogP contribution in [0.2, 0.25) is 0 Å². The maximum absolute atomic E-state index is 12.6. The molecule has 0 heterocycles. The summed E-state index contributed by atoms with van der Waals surface area (Å²) in [5.41, 5.74) is -0.756. The predicted molar refractivity (Wildman–Crippen MR) is 59.5 cm³/mol. The minimum absolute atomic E-state index is 0.190. The lowest BCUT2D eigenvalue weighted by molar-refractivity contribution is -0.199. The second-order valence-corrected chi connectivity index (χ2v) is 5.26. The zero-order chi connectivity index (χ0) is 13.9. The van der Waals surface area contributed by atoms with Crippen LogP contribution in [0.25, 0.3) is 0 Å². The van der Waals surface area contributed by atoms with E-state index in [2.05, 4.69) is 0 Å². The molecule has 0 saturated carbocycles. The third kappa shape index (κ3) is 5.94. The molecule has 2 atom stereocenters. The molecule has 0 aromatic carbocycles. The van der Waals surface area contributed by atoms with Crippen LogP contribution in [0.15, 0.2) is 0 Å². The van der Waals surface area contributed by atoms with Crippen molar-refractivity contribution in [3.63, 3.8) is 0 Å². The molecule has 0 aliphatic carbocycles. The van der Waals surface area contributed by atoms with Crippen molar-refractivity contribution in [1.82, 2.24) is 0 Å². The number of ether oxygens (including phenoxy) is 1. The standard InChI is InChI=1S/C12H21F3O2/c1-6-7-9(8(2)12(13,14)15)10(16)17-11(3,4)5/h8-9H,6-7H2,1-5H3. The number of carbonyl (C=O) groups is 1. The molecule has 0 aliphatic rings. The van der Waals surface area contributed by atoms with E-state index in [-0.39, 0.29) is 6.42 Å². The van der Waals surface area contributed by atoms with Crippen molar-refractivity contribution in [2.75, 3.05) is 0 Å². The summed E-state index contributed by atoms with van der Waals surface area (Å²) in [6.45, 7) is 7.72. The Kier molecular flexibility index (Phi) is 5.49. The number of alkyl halides is 3. The van der Waals surface area contributed by atoms with Crippen molar-refractivity contribution in [1.29, 1.82) is 0 Å². The molecule has 17 heavy (non-hydrogen) atoms. The zero-order valence-corrected chi connectivity index (χ0v) is 11.0. The number of hydrogen-bond acceptors (Lipinski definition) is 2. The van der Waals surface area contributed by atoms with E-state index in [4.69, 9.17) is 4.74 Å². The monoisotopic (exact) mass is 254 g/mol. The van der Waals surface area contributed by atoms with Crippen molar-refractivity contribution in [3.05, 3.63) is 0 Å². The molecule has 0 aliphatic heterocycles. The van der Waals surface area contributed by atoms with Gasteiger partial charge in [0, 0.05) is 0 Å². The van der Waals surface area contributed by atoms with Gasteiger partial charge in [0.1, 0.15) is 5.60 Å². The Hall–Kier alpha value is -0.740. The number of halogens is 3. The fraction of sp³-hybridized carbons (Fsp3) is 0.917. The summed E-state index contributed by atoms with van der Waals surface area (Å²) < 4.78 is 42.9. The molecule has 0 aromatic rings. The first-order valence-electron chi connectivity index (χ1n) is 5.78. The molecule has 0 amide bonds. The van der Waals surface area contributed by atoms with E-state index in [0.29, 0.717) is 6.42 Å². The van der Waals surface area contributed by atoms with Crippen molar-refractivity contribution in [2.45, 2.75) is 59.2 Å². The first kappa shape index (κ1) is 16.3. The highest BCUT2D eigenvalue weighted by molar-refractivity contribution is 5.73. The van der Waals surface area contributed by atoms with Crippen molar-refractivity contribution in [2.24, 2.45) is 11.8 Å². The Labute approximate surface area is 101 Å². The Morgan fingerprint density at radius 2 is 1.71 bits per heavy atom. The van der Waals surface area contributed by atoms with Crippen LogP contribution in [-0.4, -0.2) is 17.7 Å². The molecule has 5 heteroatoms. The highest BCUT2D eigenvalue weighted by Gasteiger charge is 2.44. The van der Waals surface area contributed by atoms with Crippen LogP contribution in [0.5, 0.6) is 0 Å². The minimum Gasteiger partial charge on any atom is -0.460 e. The van der Waals surface area contributed by atoms with Gasteiger partial charge in [-0.2, -0.15) is 13.2 Å². The molecule has 0 radical (unpaired) electrons. The zero-order valence-electron chi connectivity index (χ0n) is 11.0. The van der Waals surface area contributed by atoms with Gasteiger partial charge in [-0.05, 0) is 27.2 Å². The smallest absolute Gasteiger partial charge is 0.392 e. The van der Waals surface area contributed by atoms with E-state index in [1.807, 2.05) is 0 Å². The van der Waals surface area contributed by atoms with Gasteiger partial charge in [0.15, 0.2) is 0 Å². The second kappa shape index (κ2) is 5.74. The van der Waals surface area contributed by atoms with Crippen LogP contribution in [0.1, 0.15) is 47.5 Å². The summed E-state index contributed by atoms with van der Waals surface area (Å²) in [5, 5.41) is 0. The summed E-state index contributed by atoms with van der Waals surface area (Å²) in [6.07, 6.45) is -3.66. The molecular formula is C12H21F3O2. The molecule has 0 saturated heterocycles. The molecule has 2 nitrogen and oxygen atoms in total. The number of rotatable bonds is 4. The van der Waals surface area contributed by atoms with E-state index in [9.17, 15) is 18.0 Å². The quantitative estimate of drug-likeness (QED) is 0.710. The number of hydrogen-bond donors (Lipinski definition) is 0. The summed E-state index contributed by atoms with van der Waals surface area (Å²) in [4.78, 5) is 11.7. The number of carbonyl (C=O) groups excluding carboxylic acids is 1. The molecule has 0 spiro atoms. The minimum atomic E-state index is -4.36. The van der Waals surface area contributed by atoms with Gasteiger partial charge in [-0.15, -0.1) is 0 Å². The molecule has 0 fully saturated rings. The van der Waals surface area contributed by atoms with Crippen LogP contribution in [-0.2, 0) is 9.53 Å². The Morgan fingerprint density at radius 3 is 2.00 bits per heavy atom. The lowest BCUT2D eigenvalue weighted by Crippen LogP contribution is -2.37. The predicted octanol–water partition coefficient (Wildman–Crippen LogP) is 3.94. The van der Waals surface area contributed by atoms with Gasteiger partial charge < -0.3 is 4.74 Å². The second-order valence-electron chi connectivity index (χ2n) is 5.26. The lowest BCUT2D eigenvalue weighted by Gasteiger charge is -2.28. The van der Waals surface area contributed by atoms with Gasteiger partial charge in [0.2, 0.25) is 0 Å². The molecule has 0 aromatic heterocycles. The van der Waals surface area contributed by atoms with Gasteiger partial charge >= 0.3 is 12.1 Å². The SMILES string of the molecule is CCCC(C(=O)OC(C)(C)C)C(C)C(F)(F)F. The van der Waals surface area contributed by atoms with E-state index in [1.165, 1.54) is 0 Å². The maximum Gasteiger partial charge on any atom is 0.392 e. The average molecular weight is 254 g/mol.